The Kier molecular flexibility index (Phi) is 6.64. The summed E-state index contributed by atoms with van der Waals surface area (Å²) in [5, 5.41) is 4.62. The van der Waals surface area contributed by atoms with Crippen LogP contribution in [0.3, 0.4) is 0 Å². The number of esters is 1. The van der Waals surface area contributed by atoms with E-state index >= 15 is 4.39 Å². The van der Waals surface area contributed by atoms with E-state index in [-0.39, 0.29) is 35.8 Å². The van der Waals surface area contributed by atoms with Crippen molar-refractivity contribution >= 4 is 17.5 Å². The lowest BCUT2D eigenvalue weighted by Gasteiger charge is -2.27. The van der Waals surface area contributed by atoms with E-state index in [4.69, 9.17) is 9.47 Å². The summed E-state index contributed by atoms with van der Waals surface area (Å²) in [6.45, 7) is 4.88. The summed E-state index contributed by atoms with van der Waals surface area (Å²) in [5.41, 5.74) is 3.03. The zero-order valence-corrected chi connectivity index (χ0v) is 20.9. The number of rotatable bonds is 4. The van der Waals surface area contributed by atoms with Crippen LogP contribution >= 0.6 is 0 Å². The minimum atomic E-state index is -0.521. The topological polar surface area (TPSA) is 86.0 Å². The van der Waals surface area contributed by atoms with E-state index in [1.54, 1.807) is 28.8 Å². The molecule has 1 fully saturated rings. The van der Waals surface area contributed by atoms with E-state index in [0.29, 0.717) is 35.4 Å². The van der Waals surface area contributed by atoms with Crippen LogP contribution in [0.2, 0.25) is 0 Å². The Morgan fingerprint density at radius 1 is 1.22 bits per heavy atom. The largest absolute Gasteiger partial charge is 0.489 e. The molecule has 9 heteroatoms. The first-order valence-corrected chi connectivity index (χ1v) is 12.6. The zero-order valence-electron chi connectivity index (χ0n) is 20.9. The Morgan fingerprint density at radius 2 is 2.06 bits per heavy atom. The van der Waals surface area contributed by atoms with Gasteiger partial charge in [0.2, 0.25) is 0 Å². The van der Waals surface area contributed by atoms with Gasteiger partial charge in [0, 0.05) is 29.9 Å². The molecule has 4 heterocycles. The lowest BCUT2D eigenvalue weighted by molar-refractivity contribution is -0.146. The number of benzene rings is 1. The Hall–Kier alpha value is -3.49. The molecular weight excluding hydrogens is 463 g/mol. The van der Waals surface area contributed by atoms with Gasteiger partial charge in [0.05, 0.1) is 18.7 Å². The summed E-state index contributed by atoms with van der Waals surface area (Å²) in [7, 11) is 1.33. The number of likely N-dealkylation sites (tertiary alicyclic amines) is 1. The minimum Gasteiger partial charge on any atom is -0.489 e. The van der Waals surface area contributed by atoms with Gasteiger partial charge in [-0.3, -0.25) is 9.59 Å². The molecule has 0 spiro atoms. The summed E-state index contributed by atoms with van der Waals surface area (Å²) in [6.07, 6.45) is 5.24. The third-order valence-corrected chi connectivity index (χ3v) is 7.28. The molecule has 190 valence electrons. The third-order valence-electron chi connectivity index (χ3n) is 7.28. The normalized spacial score (nSPS) is 19.9. The van der Waals surface area contributed by atoms with Crippen LogP contribution in [0.1, 0.15) is 61.3 Å². The number of hydrogen-bond donors (Lipinski definition) is 0. The maximum Gasteiger partial charge on any atom is 0.312 e. The Labute approximate surface area is 209 Å². The first-order valence-electron chi connectivity index (χ1n) is 12.6. The molecule has 2 aliphatic heterocycles. The molecule has 0 radical (unpaired) electrons. The van der Waals surface area contributed by atoms with E-state index in [1.165, 1.54) is 7.11 Å². The SMILES string of the molecule is CCc1cc(C(=O)N2CCCCC[C@H]2C)nc2cc(-c3ccc4c(c3F)OC[C@H](C(=O)OC)C4)nn12. The van der Waals surface area contributed by atoms with Crippen molar-refractivity contribution < 1.29 is 23.5 Å². The Morgan fingerprint density at radius 3 is 2.83 bits per heavy atom. The summed E-state index contributed by atoms with van der Waals surface area (Å²) in [4.78, 5) is 31.8. The van der Waals surface area contributed by atoms with Crippen molar-refractivity contribution in [1.82, 2.24) is 19.5 Å². The molecule has 0 aliphatic carbocycles. The number of aryl methyl sites for hydroxylation is 1. The van der Waals surface area contributed by atoms with Gasteiger partial charge in [0.15, 0.2) is 17.2 Å². The number of hydrogen-bond acceptors (Lipinski definition) is 6. The van der Waals surface area contributed by atoms with Gasteiger partial charge < -0.3 is 14.4 Å². The van der Waals surface area contributed by atoms with Crippen LogP contribution in [-0.4, -0.2) is 57.7 Å². The van der Waals surface area contributed by atoms with Crippen LogP contribution < -0.4 is 4.74 Å². The smallest absolute Gasteiger partial charge is 0.312 e. The van der Waals surface area contributed by atoms with Crippen LogP contribution in [0.15, 0.2) is 24.3 Å². The molecule has 5 rings (SSSR count). The van der Waals surface area contributed by atoms with E-state index in [1.807, 2.05) is 11.8 Å². The number of carbonyl (C=O) groups excluding carboxylic acids is 2. The fourth-order valence-electron chi connectivity index (χ4n) is 5.19. The van der Waals surface area contributed by atoms with Crippen LogP contribution in [-0.2, 0) is 22.4 Å². The van der Waals surface area contributed by atoms with Crippen molar-refractivity contribution in [2.24, 2.45) is 5.92 Å². The van der Waals surface area contributed by atoms with Gasteiger partial charge in [0.1, 0.15) is 12.3 Å². The van der Waals surface area contributed by atoms with Crippen molar-refractivity contribution in [3.8, 4) is 17.0 Å². The summed E-state index contributed by atoms with van der Waals surface area (Å²) >= 11 is 0. The average Bonchev–Trinajstić information content (AvgIpc) is 3.21. The summed E-state index contributed by atoms with van der Waals surface area (Å²) in [6, 6.07) is 7.08. The van der Waals surface area contributed by atoms with Gasteiger partial charge >= 0.3 is 5.97 Å². The van der Waals surface area contributed by atoms with Crippen LogP contribution in [0, 0.1) is 11.7 Å². The molecule has 0 saturated carbocycles. The van der Waals surface area contributed by atoms with Gasteiger partial charge in [-0.15, -0.1) is 0 Å². The number of carbonyl (C=O) groups is 2. The number of nitrogens with zero attached hydrogens (tertiary/aromatic N) is 4. The standard InChI is InChI=1S/C27H31FN4O4/c1-4-19-13-22(26(33)31-11-7-5-6-8-16(31)2)29-23-14-21(30-32(19)23)20-10-9-17-12-18(27(34)35-3)15-36-25(17)24(20)28/h9-10,13-14,16,18H,4-8,11-12,15H2,1-3H3/t16-,18-/m1/s1. The molecule has 2 aliphatic rings. The molecule has 0 unspecified atom stereocenters. The maximum absolute atomic E-state index is 15.5. The molecule has 3 aromatic rings. The van der Waals surface area contributed by atoms with Crippen molar-refractivity contribution in [3.63, 3.8) is 0 Å². The first kappa shape index (κ1) is 24.2. The third kappa shape index (κ3) is 4.31. The monoisotopic (exact) mass is 494 g/mol. The van der Waals surface area contributed by atoms with Crippen LogP contribution in [0.25, 0.3) is 16.9 Å². The highest BCUT2D eigenvalue weighted by Crippen LogP contribution is 2.36. The molecule has 1 saturated heterocycles. The number of methoxy groups -OCH3 is 1. The summed E-state index contributed by atoms with van der Waals surface area (Å²) < 4.78 is 27.6. The predicted octanol–water partition coefficient (Wildman–Crippen LogP) is 4.23. The first-order chi connectivity index (χ1) is 17.4. The van der Waals surface area contributed by atoms with Gasteiger partial charge in [-0.1, -0.05) is 25.8 Å². The van der Waals surface area contributed by atoms with E-state index in [2.05, 4.69) is 17.0 Å². The predicted molar refractivity (Wildman–Crippen MR) is 131 cm³/mol. The van der Waals surface area contributed by atoms with Gasteiger partial charge in [-0.2, -0.15) is 5.10 Å². The fourth-order valence-corrected chi connectivity index (χ4v) is 5.19. The second-order valence-electron chi connectivity index (χ2n) is 9.63. The highest BCUT2D eigenvalue weighted by atomic mass is 19.1. The average molecular weight is 495 g/mol. The number of ether oxygens (including phenoxy) is 2. The van der Waals surface area contributed by atoms with Crippen molar-refractivity contribution in [3.05, 3.63) is 47.0 Å². The Balaban J connectivity index is 1.50. The van der Waals surface area contributed by atoms with Gasteiger partial charge in [0.25, 0.3) is 5.91 Å². The molecule has 0 bridgehead atoms. The second-order valence-corrected chi connectivity index (χ2v) is 9.63. The maximum atomic E-state index is 15.5. The lowest BCUT2D eigenvalue weighted by atomic mass is 9.95. The number of aromatic nitrogens is 3. The quantitative estimate of drug-likeness (QED) is 0.505. The second kappa shape index (κ2) is 9.87. The van der Waals surface area contributed by atoms with E-state index < -0.39 is 11.7 Å². The molecule has 2 aromatic heterocycles. The number of amides is 1. The Bertz CT molecular complexity index is 1320. The van der Waals surface area contributed by atoms with E-state index in [0.717, 1.165) is 37.9 Å². The van der Waals surface area contributed by atoms with Crippen LogP contribution in [0.4, 0.5) is 4.39 Å². The molecule has 36 heavy (non-hydrogen) atoms. The van der Waals surface area contributed by atoms with Crippen molar-refractivity contribution in [1.29, 1.82) is 0 Å². The minimum absolute atomic E-state index is 0.0626. The number of fused-ring (bicyclic) bond motifs is 2. The highest BCUT2D eigenvalue weighted by molar-refractivity contribution is 5.93. The van der Waals surface area contributed by atoms with Crippen molar-refractivity contribution in [2.75, 3.05) is 20.3 Å². The van der Waals surface area contributed by atoms with Crippen molar-refractivity contribution in [2.45, 2.75) is 58.4 Å². The van der Waals surface area contributed by atoms with E-state index in [9.17, 15) is 9.59 Å². The molecule has 8 nitrogen and oxygen atoms in total. The highest BCUT2D eigenvalue weighted by Gasteiger charge is 2.30. The summed E-state index contributed by atoms with van der Waals surface area (Å²) in [5.74, 6) is -1.28. The molecular formula is C27H31FN4O4. The molecule has 1 amide bonds. The molecule has 1 aromatic carbocycles. The van der Waals surface area contributed by atoms with Crippen LogP contribution in [0.5, 0.6) is 5.75 Å². The zero-order chi connectivity index (χ0) is 25.4. The van der Waals surface area contributed by atoms with Gasteiger partial charge in [-0.05, 0) is 50.3 Å². The number of halogens is 1. The van der Waals surface area contributed by atoms with Gasteiger partial charge in [-0.25, -0.2) is 13.9 Å². The fraction of sp³-hybridized carbons (Fsp3) is 0.481. The molecule has 0 N–H and O–H groups in total. The molecule has 2 atom stereocenters. The lowest BCUT2D eigenvalue weighted by Crippen LogP contribution is -2.38.